The Morgan fingerprint density at radius 2 is 1.63 bits per heavy atom. The first-order valence-corrected chi connectivity index (χ1v) is 9.23. The van der Waals surface area contributed by atoms with E-state index in [9.17, 15) is 0 Å². The highest BCUT2D eigenvalue weighted by atomic mass is 35.5. The number of fused-ring (bicyclic) bond motifs is 1. The molecule has 0 aliphatic carbocycles. The summed E-state index contributed by atoms with van der Waals surface area (Å²) >= 11 is 12.0. The first kappa shape index (κ1) is 17.7. The van der Waals surface area contributed by atoms with Crippen LogP contribution >= 0.6 is 23.2 Å². The number of hydrogen-bond acceptors (Lipinski definition) is 3. The van der Waals surface area contributed by atoms with Crippen molar-refractivity contribution in [1.29, 1.82) is 0 Å². The van der Waals surface area contributed by atoms with Crippen LogP contribution in [0.25, 0.3) is 0 Å². The van der Waals surface area contributed by atoms with Gasteiger partial charge < -0.3 is 15.8 Å². The summed E-state index contributed by atoms with van der Waals surface area (Å²) in [6, 6.07) is 18.9. The molecule has 0 unspecified atom stereocenters. The Hall–Kier alpha value is -2.69. The van der Waals surface area contributed by atoms with Crippen molar-refractivity contribution in [2.45, 2.75) is 13.0 Å². The zero-order valence-corrected chi connectivity index (χ0v) is 15.9. The zero-order chi connectivity index (χ0) is 18.8. The van der Waals surface area contributed by atoms with Crippen molar-refractivity contribution in [3.8, 4) is 11.5 Å². The Kier molecular flexibility index (Phi) is 4.92. The summed E-state index contributed by atoms with van der Waals surface area (Å²) < 4.78 is 5.80. The molecule has 136 valence electrons. The summed E-state index contributed by atoms with van der Waals surface area (Å²) in [5.41, 5.74) is 9.60. The predicted octanol–water partition coefficient (Wildman–Crippen LogP) is 5.93. The van der Waals surface area contributed by atoms with E-state index in [4.69, 9.17) is 33.7 Å². The summed E-state index contributed by atoms with van der Waals surface area (Å²) in [6.07, 6.45) is 0.729. The molecule has 0 spiro atoms. The molecule has 0 amide bonds. The zero-order valence-electron chi connectivity index (χ0n) is 14.4. The quantitative estimate of drug-likeness (QED) is 0.535. The molecule has 3 aromatic rings. The van der Waals surface area contributed by atoms with Crippen molar-refractivity contribution in [2.24, 2.45) is 4.99 Å². The van der Waals surface area contributed by atoms with Gasteiger partial charge in [0.1, 0.15) is 17.3 Å². The molecule has 6 heteroatoms. The van der Waals surface area contributed by atoms with Gasteiger partial charge in [0.15, 0.2) is 0 Å². The molecular weight excluding hydrogens is 381 g/mol. The minimum atomic E-state index is 0.570. The fourth-order valence-electron chi connectivity index (χ4n) is 2.86. The number of nitrogens with zero attached hydrogens (tertiary/aromatic N) is 1. The third kappa shape index (κ3) is 4.18. The van der Waals surface area contributed by atoms with E-state index < -0.39 is 0 Å². The second-order valence-corrected chi connectivity index (χ2v) is 7.14. The van der Waals surface area contributed by atoms with Gasteiger partial charge in [-0.3, -0.25) is 4.99 Å². The number of rotatable bonds is 4. The number of halogens is 2. The lowest BCUT2D eigenvalue weighted by molar-refractivity contribution is 0.482. The lowest BCUT2D eigenvalue weighted by Gasteiger charge is -2.06. The van der Waals surface area contributed by atoms with Gasteiger partial charge in [-0.15, -0.1) is 0 Å². The third-order valence-corrected chi connectivity index (χ3v) is 4.86. The van der Waals surface area contributed by atoms with Gasteiger partial charge >= 0.3 is 0 Å². The number of nitrogens with one attached hydrogen (secondary N) is 1. The average Bonchev–Trinajstić information content (AvgIpc) is 3.05. The van der Waals surface area contributed by atoms with E-state index in [1.165, 1.54) is 0 Å². The maximum absolute atomic E-state index is 6.08. The van der Waals surface area contributed by atoms with Crippen LogP contribution in [0.4, 0.5) is 11.4 Å². The smallest absolute Gasteiger partial charge is 0.127 e. The number of anilines is 2. The molecule has 3 N–H and O–H groups in total. The van der Waals surface area contributed by atoms with Gasteiger partial charge in [0.2, 0.25) is 0 Å². The fourth-order valence-corrected chi connectivity index (χ4v) is 3.17. The number of aliphatic imine (C=N–C) groups is 1. The lowest BCUT2D eigenvalue weighted by Crippen LogP contribution is -2.06. The standard InChI is InChI=1S/C21H17Cl2N3O/c22-15-3-7-17(8-4-15)27-16-5-1-13(2-6-16)12-25-21-10-14-9-18(23)19(24)11-20(14)26-21/h1-9,11H,10,12,24H2,(H,25,26). The molecule has 3 aromatic carbocycles. The highest BCUT2D eigenvalue weighted by Crippen LogP contribution is 2.31. The van der Waals surface area contributed by atoms with Gasteiger partial charge in [-0.2, -0.15) is 0 Å². The maximum Gasteiger partial charge on any atom is 0.127 e. The molecule has 0 saturated carbocycles. The Morgan fingerprint density at radius 3 is 2.33 bits per heavy atom. The lowest BCUT2D eigenvalue weighted by atomic mass is 10.1. The predicted molar refractivity (Wildman–Crippen MR) is 112 cm³/mol. The van der Waals surface area contributed by atoms with E-state index in [0.29, 0.717) is 22.3 Å². The van der Waals surface area contributed by atoms with E-state index in [1.807, 2.05) is 48.5 Å². The van der Waals surface area contributed by atoms with E-state index in [-0.39, 0.29) is 0 Å². The van der Waals surface area contributed by atoms with Crippen molar-refractivity contribution in [2.75, 3.05) is 11.1 Å². The summed E-state index contributed by atoms with van der Waals surface area (Å²) in [5.74, 6) is 2.43. The Morgan fingerprint density at radius 1 is 0.963 bits per heavy atom. The molecule has 4 rings (SSSR count). The van der Waals surface area contributed by atoms with Crippen LogP contribution in [-0.2, 0) is 13.0 Å². The monoisotopic (exact) mass is 397 g/mol. The van der Waals surface area contributed by atoms with Gasteiger partial charge in [0, 0.05) is 17.1 Å². The first-order valence-electron chi connectivity index (χ1n) is 8.47. The summed E-state index contributed by atoms with van der Waals surface area (Å²) in [6.45, 7) is 0.584. The van der Waals surface area contributed by atoms with Gasteiger partial charge in [0.25, 0.3) is 0 Å². The molecule has 1 aliphatic heterocycles. The molecule has 0 bridgehead atoms. The Bertz CT molecular complexity index is 966. The minimum Gasteiger partial charge on any atom is -0.457 e. The molecule has 1 heterocycles. The normalized spacial score (nSPS) is 14.1. The molecule has 1 aliphatic rings. The summed E-state index contributed by atoms with van der Waals surface area (Å²) in [4.78, 5) is 4.66. The number of hydrogen-bond donors (Lipinski definition) is 2. The van der Waals surface area contributed by atoms with Crippen LogP contribution in [0.15, 0.2) is 65.7 Å². The van der Waals surface area contributed by atoms with E-state index in [1.54, 1.807) is 12.1 Å². The summed E-state index contributed by atoms with van der Waals surface area (Å²) in [7, 11) is 0. The molecular formula is C21H17Cl2N3O. The largest absolute Gasteiger partial charge is 0.457 e. The van der Waals surface area contributed by atoms with Crippen molar-refractivity contribution in [3.05, 3.63) is 81.8 Å². The molecule has 0 fully saturated rings. The van der Waals surface area contributed by atoms with Gasteiger partial charge in [0.05, 0.1) is 17.3 Å². The minimum absolute atomic E-state index is 0.570. The van der Waals surface area contributed by atoms with E-state index >= 15 is 0 Å². The molecule has 27 heavy (non-hydrogen) atoms. The van der Waals surface area contributed by atoms with Gasteiger partial charge in [-0.25, -0.2) is 0 Å². The SMILES string of the molecule is Nc1cc2c(cc1Cl)CC(=NCc1ccc(Oc3ccc(Cl)cc3)cc1)N2. The van der Waals surface area contributed by atoms with Gasteiger partial charge in [-0.1, -0.05) is 35.3 Å². The second kappa shape index (κ2) is 7.51. The van der Waals surface area contributed by atoms with Crippen molar-refractivity contribution < 1.29 is 4.74 Å². The Labute approximate surface area is 167 Å². The second-order valence-electron chi connectivity index (χ2n) is 6.30. The van der Waals surface area contributed by atoms with Crippen LogP contribution < -0.4 is 15.8 Å². The third-order valence-electron chi connectivity index (χ3n) is 4.28. The van der Waals surface area contributed by atoms with Crippen LogP contribution in [0.2, 0.25) is 10.0 Å². The van der Waals surface area contributed by atoms with Crippen LogP contribution in [0.5, 0.6) is 11.5 Å². The number of nitrogens with two attached hydrogens (primary N) is 1. The fraction of sp³-hybridized carbons (Fsp3) is 0.0952. The number of amidine groups is 1. The van der Waals surface area contributed by atoms with Crippen LogP contribution in [0.3, 0.4) is 0 Å². The molecule has 0 atom stereocenters. The number of ether oxygens (including phenoxy) is 1. The van der Waals surface area contributed by atoms with Gasteiger partial charge in [-0.05, 0) is 59.7 Å². The number of nitrogen functional groups attached to an aromatic ring is 1. The highest BCUT2D eigenvalue weighted by Gasteiger charge is 2.17. The van der Waals surface area contributed by atoms with Crippen molar-refractivity contribution in [1.82, 2.24) is 0 Å². The van der Waals surface area contributed by atoms with Crippen LogP contribution in [0.1, 0.15) is 11.1 Å². The molecule has 0 radical (unpaired) electrons. The first-order chi connectivity index (χ1) is 13.1. The highest BCUT2D eigenvalue weighted by molar-refractivity contribution is 6.33. The van der Waals surface area contributed by atoms with Crippen molar-refractivity contribution in [3.63, 3.8) is 0 Å². The van der Waals surface area contributed by atoms with Crippen LogP contribution in [0, 0.1) is 0 Å². The average molecular weight is 398 g/mol. The van der Waals surface area contributed by atoms with Crippen molar-refractivity contribution >= 4 is 40.4 Å². The maximum atomic E-state index is 6.08. The molecule has 4 nitrogen and oxygen atoms in total. The Balaban J connectivity index is 1.39. The molecule has 0 saturated heterocycles. The van der Waals surface area contributed by atoms with E-state index in [0.717, 1.165) is 40.6 Å². The van der Waals surface area contributed by atoms with E-state index in [2.05, 4.69) is 10.3 Å². The van der Waals surface area contributed by atoms with Crippen LogP contribution in [-0.4, -0.2) is 5.84 Å². The topological polar surface area (TPSA) is 59.6 Å². The number of benzene rings is 3. The summed E-state index contributed by atoms with van der Waals surface area (Å²) in [5, 5.41) is 4.56. The molecule has 0 aromatic heterocycles.